The molecule has 0 aromatic carbocycles. The van der Waals surface area contributed by atoms with Crippen LogP contribution in [-0.4, -0.2) is 41.0 Å². The third-order valence-corrected chi connectivity index (χ3v) is 15.2. The Bertz CT molecular complexity index is 480. The van der Waals surface area contributed by atoms with Gasteiger partial charge in [0.05, 0.1) is 0 Å². The van der Waals surface area contributed by atoms with Gasteiger partial charge in [0.1, 0.15) is 0 Å². The molecule has 0 heterocycles. The fourth-order valence-corrected chi connectivity index (χ4v) is 12.0. The molecule has 0 saturated heterocycles. The first kappa shape index (κ1) is 26.8. The first-order valence-electron chi connectivity index (χ1n) is 12.8. The van der Waals surface area contributed by atoms with E-state index in [0.717, 1.165) is 108 Å². The van der Waals surface area contributed by atoms with Gasteiger partial charge in [-0.2, -0.15) is 0 Å². The van der Waals surface area contributed by atoms with Crippen molar-refractivity contribution in [2.75, 3.05) is 0 Å². The summed E-state index contributed by atoms with van der Waals surface area (Å²) in [4.78, 5) is 13.5. The van der Waals surface area contributed by atoms with Crippen LogP contribution >= 0.6 is 0 Å². The second kappa shape index (κ2) is 15.4. The summed E-state index contributed by atoms with van der Waals surface area (Å²) in [5, 5.41) is 0. The zero-order valence-electron chi connectivity index (χ0n) is 19.9. The summed E-state index contributed by atoms with van der Waals surface area (Å²) >= 11 is -3.80. The van der Waals surface area contributed by atoms with Gasteiger partial charge in [0.25, 0.3) is 0 Å². The predicted octanol–water partition coefficient (Wildman–Crippen LogP) is 7.29. The standard InChI is InChI=1S/2C6H12N2O2.2C5H11.Sn/c2*7-8(10-9)6-4-2-1-3-5-6;2*1-3-5-4-2;/h2*6-7H,1-5H2;2*1,3-5H2,2H3;/q;;;;+2. The molecule has 31 heavy (non-hydrogen) atoms. The Morgan fingerprint density at radius 3 is 1.39 bits per heavy atom. The normalized spacial score (nSPS) is 18.6. The van der Waals surface area contributed by atoms with E-state index in [-0.39, 0.29) is 12.1 Å². The van der Waals surface area contributed by atoms with Gasteiger partial charge in [-0.25, -0.2) is 0 Å². The van der Waals surface area contributed by atoms with Crippen LogP contribution in [0.3, 0.4) is 0 Å². The number of nitrogens with one attached hydrogen (secondary N) is 2. The van der Waals surface area contributed by atoms with Gasteiger partial charge < -0.3 is 0 Å². The maximum absolute atomic E-state index is 8.33. The van der Waals surface area contributed by atoms with Crippen LogP contribution in [0, 0.1) is 11.1 Å². The summed E-state index contributed by atoms with van der Waals surface area (Å²) in [5.74, 6) is 0. The van der Waals surface area contributed by atoms with Crippen molar-refractivity contribution in [3.8, 4) is 0 Å². The SMILES string of the molecule is CCCC[CH2][Sn]([CH2]CCCC)([O]O[N+](=N)C1CCCCC1)[O]O[N+](=N)C1CCCCC1. The van der Waals surface area contributed by atoms with Gasteiger partial charge in [-0.15, -0.1) is 0 Å². The molecule has 0 unspecified atom stereocenters. The molecular formula is C22H46N4O4Sn+2. The van der Waals surface area contributed by atoms with Gasteiger partial charge in [-0.1, -0.05) is 0 Å². The number of rotatable bonds is 16. The Balaban J connectivity index is 2.01. The van der Waals surface area contributed by atoms with Crippen molar-refractivity contribution in [2.24, 2.45) is 0 Å². The molecule has 0 aliphatic heterocycles. The molecule has 2 saturated carbocycles. The molecule has 0 aromatic heterocycles. The minimum absolute atomic E-state index is 0.0832. The summed E-state index contributed by atoms with van der Waals surface area (Å²) in [6, 6.07) is 0.166. The summed E-state index contributed by atoms with van der Waals surface area (Å²) in [7, 11) is 0. The topological polar surface area (TPSA) is 90.6 Å². The zero-order valence-corrected chi connectivity index (χ0v) is 22.8. The van der Waals surface area contributed by atoms with E-state index in [9.17, 15) is 0 Å². The van der Waals surface area contributed by atoms with Crippen molar-refractivity contribution in [1.29, 1.82) is 11.1 Å². The molecule has 2 aliphatic rings. The quantitative estimate of drug-likeness (QED) is 0.0529. The molecule has 2 rings (SSSR count). The molecule has 0 spiro atoms. The molecule has 8 nitrogen and oxygen atoms in total. The number of unbranched alkanes of at least 4 members (excludes halogenated alkanes) is 4. The Morgan fingerprint density at radius 2 is 1.03 bits per heavy atom. The number of hydrogen-bond acceptors (Lipinski definition) is 6. The van der Waals surface area contributed by atoms with Crippen molar-refractivity contribution in [1.82, 2.24) is 0 Å². The second-order valence-corrected chi connectivity index (χ2v) is 18.4. The molecule has 0 amide bonds. The summed E-state index contributed by atoms with van der Waals surface area (Å²) in [5.41, 5.74) is 16.7. The Labute approximate surface area is 193 Å². The third kappa shape index (κ3) is 9.90. The van der Waals surface area contributed by atoms with Crippen LogP contribution in [0.25, 0.3) is 0 Å². The molecule has 2 N–H and O–H groups in total. The Kier molecular flexibility index (Phi) is 13.3. The van der Waals surface area contributed by atoms with Gasteiger partial charge in [-0.3, -0.25) is 0 Å². The summed E-state index contributed by atoms with van der Waals surface area (Å²) in [6.07, 6.45) is 17.4. The summed E-state index contributed by atoms with van der Waals surface area (Å²) in [6.45, 7) is 4.37. The van der Waals surface area contributed by atoms with E-state index in [4.69, 9.17) is 27.5 Å². The van der Waals surface area contributed by atoms with E-state index in [1.165, 1.54) is 12.8 Å². The Morgan fingerprint density at radius 1 is 0.645 bits per heavy atom. The number of nitrogens with zero attached hydrogens (tertiary/aromatic N) is 2. The third-order valence-electron chi connectivity index (χ3n) is 6.67. The zero-order chi connectivity index (χ0) is 22.4. The van der Waals surface area contributed by atoms with Crippen LogP contribution in [0.4, 0.5) is 0 Å². The fraction of sp³-hybridized carbons (Fsp3) is 1.00. The average molecular weight is 549 g/mol. The van der Waals surface area contributed by atoms with Crippen molar-refractivity contribution < 1.29 is 26.1 Å². The van der Waals surface area contributed by atoms with Crippen molar-refractivity contribution in [3.63, 3.8) is 0 Å². The van der Waals surface area contributed by atoms with E-state index in [0.29, 0.717) is 0 Å². The molecular weight excluding hydrogens is 503 g/mol. The van der Waals surface area contributed by atoms with Crippen LogP contribution < -0.4 is 0 Å². The maximum atomic E-state index is 8.33. The Hall–Kier alpha value is -0.481. The van der Waals surface area contributed by atoms with E-state index < -0.39 is 19.2 Å². The van der Waals surface area contributed by atoms with Crippen molar-refractivity contribution >= 4 is 19.2 Å². The average Bonchev–Trinajstić information content (AvgIpc) is 2.82. The van der Waals surface area contributed by atoms with E-state index in [2.05, 4.69) is 13.8 Å². The molecule has 180 valence electrons. The fourth-order valence-electron chi connectivity index (χ4n) is 4.56. The monoisotopic (exact) mass is 550 g/mol. The molecule has 0 atom stereocenters. The van der Waals surface area contributed by atoms with Crippen LogP contribution in [0.15, 0.2) is 0 Å². The molecule has 2 aliphatic carbocycles. The number of hydroxylamine groups is 2. The van der Waals surface area contributed by atoms with Crippen LogP contribution in [0.2, 0.25) is 8.87 Å². The minimum atomic E-state index is -3.80. The van der Waals surface area contributed by atoms with Crippen LogP contribution in [-0.2, 0) is 16.4 Å². The van der Waals surface area contributed by atoms with E-state index in [1.807, 2.05) is 0 Å². The van der Waals surface area contributed by atoms with E-state index in [1.54, 1.807) is 0 Å². The van der Waals surface area contributed by atoms with Gasteiger partial charge >= 0.3 is 194 Å². The molecule has 0 bridgehead atoms. The summed E-state index contributed by atoms with van der Waals surface area (Å²) < 4.78 is 13.8. The molecule has 9 heteroatoms. The number of hydrogen-bond donors (Lipinski definition) is 2. The first-order valence-corrected chi connectivity index (χ1v) is 19.2. The van der Waals surface area contributed by atoms with Crippen molar-refractivity contribution in [3.05, 3.63) is 0 Å². The molecule has 2 fully saturated rings. The predicted molar refractivity (Wildman–Crippen MR) is 118 cm³/mol. The van der Waals surface area contributed by atoms with Gasteiger partial charge in [-0.05, 0) is 0 Å². The first-order chi connectivity index (χ1) is 15.1. The van der Waals surface area contributed by atoms with Crippen molar-refractivity contribution in [2.45, 2.75) is 138 Å². The van der Waals surface area contributed by atoms with Gasteiger partial charge in [0.2, 0.25) is 0 Å². The van der Waals surface area contributed by atoms with Crippen LogP contribution in [0.1, 0.15) is 117 Å². The second-order valence-electron chi connectivity index (χ2n) is 9.38. The molecule has 0 radical (unpaired) electrons. The molecule has 0 aromatic rings. The van der Waals surface area contributed by atoms with E-state index >= 15 is 0 Å². The van der Waals surface area contributed by atoms with Gasteiger partial charge in [0.15, 0.2) is 0 Å². The van der Waals surface area contributed by atoms with Gasteiger partial charge in [0, 0.05) is 0 Å². The van der Waals surface area contributed by atoms with Crippen LogP contribution in [0.5, 0.6) is 0 Å².